The van der Waals surface area contributed by atoms with E-state index in [-0.39, 0.29) is 0 Å². The summed E-state index contributed by atoms with van der Waals surface area (Å²) in [5.41, 5.74) is 3.88. The summed E-state index contributed by atoms with van der Waals surface area (Å²) < 4.78 is 5.37. The zero-order valence-corrected chi connectivity index (χ0v) is 13.0. The van der Waals surface area contributed by atoms with E-state index >= 15 is 0 Å². The lowest BCUT2D eigenvalue weighted by molar-refractivity contribution is 0.0384. The molecule has 1 heterocycles. The van der Waals surface area contributed by atoms with E-state index in [0.717, 1.165) is 44.3 Å². The summed E-state index contributed by atoms with van der Waals surface area (Å²) in [7, 11) is 0. The highest BCUT2D eigenvalue weighted by molar-refractivity contribution is 6.32. The molecule has 0 N–H and O–H groups in total. The number of benzene rings is 1. The van der Waals surface area contributed by atoms with Gasteiger partial charge in [-0.1, -0.05) is 37.6 Å². The smallest absolute Gasteiger partial charge is 0.0594 e. The molecule has 19 heavy (non-hydrogen) atoms. The van der Waals surface area contributed by atoms with Gasteiger partial charge in [0.25, 0.3) is 0 Å². The van der Waals surface area contributed by atoms with E-state index in [9.17, 15) is 0 Å². The van der Waals surface area contributed by atoms with Crippen LogP contribution in [0.3, 0.4) is 0 Å². The third-order valence-electron chi connectivity index (χ3n) is 3.93. The van der Waals surface area contributed by atoms with Gasteiger partial charge < -0.3 is 4.74 Å². The number of hydrogen-bond donors (Lipinski definition) is 0. The molecule has 106 valence electrons. The molecule has 1 aliphatic heterocycles. The fourth-order valence-corrected chi connectivity index (χ4v) is 2.94. The average Bonchev–Trinajstić information content (AvgIpc) is 2.41. The Bertz CT molecular complexity index is 425. The van der Waals surface area contributed by atoms with E-state index in [0.29, 0.717) is 5.92 Å². The molecule has 1 saturated heterocycles. The molecule has 2 nitrogen and oxygen atoms in total. The SMILES string of the molecule is Cc1c(C(C)C)ccc(CCN2CCOCC2)c1Cl. The maximum Gasteiger partial charge on any atom is 0.0594 e. The maximum atomic E-state index is 6.52. The molecular weight excluding hydrogens is 258 g/mol. The Hall–Kier alpha value is -0.570. The van der Waals surface area contributed by atoms with E-state index < -0.39 is 0 Å². The Balaban J connectivity index is 2.02. The van der Waals surface area contributed by atoms with Crippen LogP contribution in [0.2, 0.25) is 5.02 Å². The topological polar surface area (TPSA) is 12.5 Å². The second kappa shape index (κ2) is 6.74. The van der Waals surface area contributed by atoms with E-state index in [4.69, 9.17) is 16.3 Å². The van der Waals surface area contributed by atoms with Crippen LogP contribution in [0.25, 0.3) is 0 Å². The lowest BCUT2D eigenvalue weighted by atomic mass is 9.95. The fourth-order valence-electron chi connectivity index (χ4n) is 2.68. The highest BCUT2D eigenvalue weighted by atomic mass is 35.5. The van der Waals surface area contributed by atoms with E-state index in [1.807, 2.05) is 0 Å². The predicted octanol–water partition coefficient (Wildman–Crippen LogP) is 3.65. The van der Waals surface area contributed by atoms with Gasteiger partial charge in [-0.15, -0.1) is 0 Å². The first-order valence-electron chi connectivity index (χ1n) is 7.17. The van der Waals surface area contributed by atoms with Crippen molar-refractivity contribution >= 4 is 11.6 Å². The Morgan fingerprint density at radius 1 is 1.26 bits per heavy atom. The van der Waals surface area contributed by atoms with Gasteiger partial charge >= 0.3 is 0 Å². The van der Waals surface area contributed by atoms with Crippen molar-refractivity contribution in [2.75, 3.05) is 32.8 Å². The summed E-state index contributed by atoms with van der Waals surface area (Å²) in [5.74, 6) is 0.533. The molecule has 1 fully saturated rings. The second-order valence-corrected chi connectivity index (χ2v) is 5.99. The summed E-state index contributed by atoms with van der Waals surface area (Å²) in [6.45, 7) is 11.4. The van der Waals surface area contributed by atoms with Crippen LogP contribution in [-0.4, -0.2) is 37.7 Å². The summed E-state index contributed by atoms with van der Waals surface area (Å²) >= 11 is 6.52. The van der Waals surface area contributed by atoms with Crippen LogP contribution >= 0.6 is 11.6 Å². The number of morpholine rings is 1. The monoisotopic (exact) mass is 281 g/mol. The van der Waals surface area contributed by atoms with Crippen molar-refractivity contribution in [1.29, 1.82) is 0 Å². The number of ether oxygens (including phenoxy) is 1. The molecule has 1 aliphatic rings. The zero-order chi connectivity index (χ0) is 13.8. The van der Waals surface area contributed by atoms with Crippen LogP contribution < -0.4 is 0 Å². The lowest BCUT2D eigenvalue weighted by Gasteiger charge is -2.26. The second-order valence-electron chi connectivity index (χ2n) is 5.61. The van der Waals surface area contributed by atoms with Crippen molar-refractivity contribution in [2.45, 2.75) is 33.1 Å². The molecule has 0 spiro atoms. The van der Waals surface area contributed by atoms with Gasteiger partial charge in [0.15, 0.2) is 0 Å². The molecule has 0 saturated carbocycles. The zero-order valence-electron chi connectivity index (χ0n) is 12.2. The van der Waals surface area contributed by atoms with Gasteiger partial charge in [-0.2, -0.15) is 0 Å². The van der Waals surface area contributed by atoms with Gasteiger partial charge in [-0.05, 0) is 36.0 Å². The van der Waals surface area contributed by atoms with Gasteiger partial charge in [-0.25, -0.2) is 0 Å². The highest BCUT2D eigenvalue weighted by Crippen LogP contribution is 2.29. The predicted molar refractivity (Wildman–Crippen MR) is 81.2 cm³/mol. The van der Waals surface area contributed by atoms with Crippen molar-refractivity contribution < 1.29 is 4.74 Å². The van der Waals surface area contributed by atoms with Crippen LogP contribution in [0.5, 0.6) is 0 Å². The van der Waals surface area contributed by atoms with Gasteiger partial charge in [0.2, 0.25) is 0 Å². The first kappa shape index (κ1) is 14.8. The number of nitrogens with zero attached hydrogens (tertiary/aromatic N) is 1. The van der Waals surface area contributed by atoms with Crippen LogP contribution in [0, 0.1) is 6.92 Å². The first-order chi connectivity index (χ1) is 9.09. The molecule has 0 atom stereocenters. The summed E-state index contributed by atoms with van der Waals surface area (Å²) in [4.78, 5) is 2.45. The van der Waals surface area contributed by atoms with Crippen molar-refractivity contribution in [3.05, 3.63) is 33.8 Å². The van der Waals surface area contributed by atoms with Crippen LogP contribution in [0.1, 0.15) is 36.5 Å². The van der Waals surface area contributed by atoms with Gasteiger partial charge in [0.1, 0.15) is 0 Å². The van der Waals surface area contributed by atoms with E-state index in [1.54, 1.807) is 0 Å². The van der Waals surface area contributed by atoms with Crippen LogP contribution in [-0.2, 0) is 11.2 Å². The Labute approximate surface area is 121 Å². The van der Waals surface area contributed by atoms with Crippen molar-refractivity contribution in [2.24, 2.45) is 0 Å². The lowest BCUT2D eigenvalue weighted by Crippen LogP contribution is -2.37. The van der Waals surface area contributed by atoms with Gasteiger partial charge in [0.05, 0.1) is 13.2 Å². The minimum absolute atomic E-state index is 0.533. The van der Waals surface area contributed by atoms with Gasteiger partial charge in [0, 0.05) is 24.7 Å². The summed E-state index contributed by atoms with van der Waals surface area (Å²) in [5, 5.41) is 0.958. The van der Waals surface area contributed by atoms with E-state index in [1.165, 1.54) is 16.7 Å². The van der Waals surface area contributed by atoms with E-state index in [2.05, 4.69) is 37.8 Å². The van der Waals surface area contributed by atoms with Crippen molar-refractivity contribution in [1.82, 2.24) is 4.90 Å². The maximum absolute atomic E-state index is 6.52. The van der Waals surface area contributed by atoms with Crippen molar-refractivity contribution in [3.8, 4) is 0 Å². The molecule has 1 aromatic carbocycles. The largest absolute Gasteiger partial charge is 0.379 e. The Morgan fingerprint density at radius 2 is 1.95 bits per heavy atom. The number of halogens is 1. The molecule has 0 radical (unpaired) electrons. The third kappa shape index (κ3) is 3.71. The Kier molecular flexibility index (Phi) is 5.26. The molecule has 0 aromatic heterocycles. The minimum atomic E-state index is 0.533. The average molecular weight is 282 g/mol. The molecule has 1 aromatic rings. The molecule has 0 bridgehead atoms. The Morgan fingerprint density at radius 3 is 2.58 bits per heavy atom. The summed E-state index contributed by atoms with van der Waals surface area (Å²) in [6.07, 6.45) is 1.03. The standard InChI is InChI=1S/C16H24ClNO/c1-12(2)15-5-4-14(16(17)13(15)3)6-7-18-8-10-19-11-9-18/h4-5,12H,6-11H2,1-3H3. The molecule has 2 rings (SSSR count). The minimum Gasteiger partial charge on any atom is -0.379 e. The van der Waals surface area contributed by atoms with Crippen LogP contribution in [0.15, 0.2) is 12.1 Å². The number of rotatable bonds is 4. The highest BCUT2D eigenvalue weighted by Gasteiger charge is 2.13. The van der Waals surface area contributed by atoms with Crippen LogP contribution in [0.4, 0.5) is 0 Å². The quantitative estimate of drug-likeness (QED) is 0.835. The number of hydrogen-bond acceptors (Lipinski definition) is 2. The molecule has 0 amide bonds. The normalized spacial score (nSPS) is 17.1. The molecular formula is C16H24ClNO. The van der Waals surface area contributed by atoms with Crippen molar-refractivity contribution in [3.63, 3.8) is 0 Å². The first-order valence-corrected chi connectivity index (χ1v) is 7.55. The summed E-state index contributed by atoms with van der Waals surface area (Å²) in [6, 6.07) is 4.44. The third-order valence-corrected chi connectivity index (χ3v) is 4.46. The molecule has 3 heteroatoms. The molecule has 0 aliphatic carbocycles. The van der Waals surface area contributed by atoms with Gasteiger partial charge in [-0.3, -0.25) is 4.90 Å². The fraction of sp³-hybridized carbons (Fsp3) is 0.625. The molecule has 0 unspecified atom stereocenters.